The number of rotatable bonds is 3. The number of benzene rings is 1. The molecule has 98 valence electrons. The first kappa shape index (κ1) is 13.6. The van der Waals surface area contributed by atoms with Crippen LogP contribution in [0.15, 0.2) is 40.1 Å². The van der Waals surface area contributed by atoms with Crippen molar-refractivity contribution in [2.75, 3.05) is 0 Å². The highest BCUT2D eigenvalue weighted by Crippen LogP contribution is 2.30. The Morgan fingerprint density at radius 1 is 1.42 bits per heavy atom. The molecule has 2 rings (SSSR count). The van der Waals surface area contributed by atoms with Crippen molar-refractivity contribution in [3.8, 4) is 11.8 Å². The fourth-order valence-corrected chi connectivity index (χ4v) is 1.73. The van der Waals surface area contributed by atoms with Crippen molar-refractivity contribution in [2.24, 2.45) is 10.9 Å². The van der Waals surface area contributed by atoms with Crippen LogP contribution in [0.25, 0.3) is 0 Å². The van der Waals surface area contributed by atoms with E-state index in [1.165, 1.54) is 12.3 Å². The highest BCUT2D eigenvalue weighted by Gasteiger charge is 2.08. The van der Waals surface area contributed by atoms with Crippen LogP contribution in [0.4, 0.5) is 0 Å². The Balaban J connectivity index is 2.31. The second kappa shape index (κ2) is 5.85. The molecule has 1 aromatic carbocycles. The number of oxime groups is 1. The average molecular weight is 344 g/mol. The summed E-state index contributed by atoms with van der Waals surface area (Å²) in [4.78, 5) is 7.91. The summed E-state index contributed by atoms with van der Waals surface area (Å²) in [6, 6.07) is 6.67. The van der Waals surface area contributed by atoms with Gasteiger partial charge in [0.2, 0.25) is 0 Å². The van der Waals surface area contributed by atoms with E-state index in [2.05, 4.69) is 31.1 Å². The molecule has 3 N–H and O–H groups in total. The third-order valence-electron chi connectivity index (χ3n) is 2.10. The van der Waals surface area contributed by atoms with Gasteiger partial charge in [-0.15, -0.1) is 0 Å². The summed E-state index contributed by atoms with van der Waals surface area (Å²) < 4.78 is 6.25. The zero-order chi connectivity index (χ0) is 13.8. The smallest absolute Gasteiger partial charge is 0.322 e. The molecule has 1 heterocycles. The predicted molar refractivity (Wildman–Crippen MR) is 73.8 cm³/mol. The Kier molecular flexibility index (Phi) is 4.18. The molecule has 0 aliphatic rings. The third-order valence-corrected chi connectivity index (χ3v) is 2.90. The fraction of sp³-hybridized carbons (Fsp3) is 0. The topological polar surface area (TPSA) is 93.6 Å². The molecule has 0 aliphatic heterocycles. The molecule has 1 aromatic heterocycles. The minimum Gasteiger partial charge on any atom is -0.423 e. The standard InChI is InChI=1S/C11H8BrClN4O2/c12-6-1-2-7(13)9(5-6)19-11-15-4-3-8(16-11)10(14)17-18/h1-5,18H,(H2,14,17). The van der Waals surface area contributed by atoms with Gasteiger partial charge >= 0.3 is 6.01 Å². The van der Waals surface area contributed by atoms with Crippen molar-refractivity contribution in [3.63, 3.8) is 0 Å². The molecule has 0 saturated carbocycles. The molecule has 2 aromatic rings. The molecule has 0 unspecified atom stereocenters. The molecule has 0 fully saturated rings. The number of nitrogens with zero attached hydrogens (tertiary/aromatic N) is 3. The highest BCUT2D eigenvalue weighted by molar-refractivity contribution is 9.10. The number of hydrogen-bond acceptors (Lipinski definition) is 5. The van der Waals surface area contributed by atoms with E-state index >= 15 is 0 Å². The van der Waals surface area contributed by atoms with Crippen molar-refractivity contribution in [1.82, 2.24) is 9.97 Å². The maximum atomic E-state index is 8.58. The van der Waals surface area contributed by atoms with E-state index in [1.54, 1.807) is 18.2 Å². The SMILES string of the molecule is N/C(=N/O)c1ccnc(Oc2cc(Br)ccc2Cl)n1. The maximum Gasteiger partial charge on any atom is 0.322 e. The van der Waals surface area contributed by atoms with Crippen molar-refractivity contribution in [3.05, 3.63) is 45.7 Å². The second-order valence-corrected chi connectivity index (χ2v) is 4.71. The van der Waals surface area contributed by atoms with Gasteiger partial charge in [0.25, 0.3) is 0 Å². The van der Waals surface area contributed by atoms with Gasteiger partial charge in [0, 0.05) is 10.7 Å². The summed E-state index contributed by atoms with van der Waals surface area (Å²) in [7, 11) is 0. The van der Waals surface area contributed by atoms with E-state index in [1.807, 2.05) is 0 Å². The number of hydrogen-bond donors (Lipinski definition) is 2. The molecule has 0 bridgehead atoms. The molecule has 0 amide bonds. The molecular formula is C11H8BrClN4O2. The van der Waals surface area contributed by atoms with E-state index in [0.29, 0.717) is 10.8 Å². The largest absolute Gasteiger partial charge is 0.423 e. The Morgan fingerprint density at radius 2 is 2.21 bits per heavy atom. The van der Waals surface area contributed by atoms with Crippen LogP contribution >= 0.6 is 27.5 Å². The van der Waals surface area contributed by atoms with Gasteiger partial charge in [-0.05, 0) is 24.3 Å². The van der Waals surface area contributed by atoms with Gasteiger partial charge in [-0.2, -0.15) is 4.98 Å². The molecule has 0 spiro atoms. The van der Waals surface area contributed by atoms with Gasteiger partial charge in [-0.1, -0.05) is 32.7 Å². The summed E-state index contributed by atoms with van der Waals surface area (Å²) in [6.07, 6.45) is 1.43. The Bertz CT molecular complexity index is 636. The summed E-state index contributed by atoms with van der Waals surface area (Å²) in [5, 5.41) is 11.9. The van der Waals surface area contributed by atoms with E-state index in [4.69, 9.17) is 27.3 Å². The minimum atomic E-state index is -0.132. The molecule has 0 aliphatic carbocycles. The Morgan fingerprint density at radius 3 is 2.95 bits per heavy atom. The Labute approximate surface area is 122 Å². The lowest BCUT2D eigenvalue weighted by Gasteiger charge is -2.06. The van der Waals surface area contributed by atoms with Crippen molar-refractivity contribution < 1.29 is 9.94 Å². The number of nitrogens with two attached hydrogens (primary N) is 1. The lowest BCUT2D eigenvalue weighted by Crippen LogP contribution is -2.15. The van der Waals surface area contributed by atoms with Gasteiger partial charge in [0.1, 0.15) is 5.69 Å². The molecule has 0 atom stereocenters. The van der Waals surface area contributed by atoms with Gasteiger partial charge in [-0.25, -0.2) is 4.98 Å². The molecule has 0 radical (unpaired) electrons. The molecule has 8 heteroatoms. The van der Waals surface area contributed by atoms with E-state index < -0.39 is 0 Å². The van der Waals surface area contributed by atoms with Crippen molar-refractivity contribution in [2.45, 2.75) is 0 Å². The third kappa shape index (κ3) is 3.33. The van der Waals surface area contributed by atoms with Crippen LogP contribution in [0.2, 0.25) is 5.02 Å². The van der Waals surface area contributed by atoms with Crippen LogP contribution < -0.4 is 10.5 Å². The Hall–Kier alpha value is -1.86. The zero-order valence-corrected chi connectivity index (χ0v) is 11.8. The van der Waals surface area contributed by atoms with E-state index in [0.717, 1.165) is 4.47 Å². The maximum absolute atomic E-state index is 8.58. The number of ether oxygens (including phenoxy) is 1. The van der Waals surface area contributed by atoms with Gasteiger partial charge in [0.15, 0.2) is 11.6 Å². The summed E-state index contributed by atoms with van der Waals surface area (Å²) in [5.74, 6) is 0.264. The van der Waals surface area contributed by atoms with Crippen LogP contribution in [0.5, 0.6) is 11.8 Å². The van der Waals surface area contributed by atoms with Crippen molar-refractivity contribution in [1.29, 1.82) is 0 Å². The highest BCUT2D eigenvalue weighted by atomic mass is 79.9. The summed E-state index contributed by atoms with van der Waals surface area (Å²) in [6.45, 7) is 0. The number of amidine groups is 1. The van der Waals surface area contributed by atoms with Crippen LogP contribution in [-0.4, -0.2) is 21.0 Å². The van der Waals surface area contributed by atoms with Crippen LogP contribution in [0.1, 0.15) is 5.69 Å². The average Bonchev–Trinajstić information content (AvgIpc) is 2.42. The van der Waals surface area contributed by atoms with E-state index in [-0.39, 0.29) is 17.5 Å². The monoisotopic (exact) mass is 342 g/mol. The normalized spacial score (nSPS) is 11.4. The van der Waals surface area contributed by atoms with Gasteiger partial charge in [0.05, 0.1) is 5.02 Å². The number of aromatic nitrogens is 2. The molecule has 19 heavy (non-hydrogen) atoms. The van der Waals surface area contributed by atoms with Crippen LogP contribution in [-0.2, 0) is 0 Å². The van der Waals surface area contributed by atoms with E-state index in [9.17, 15) is 0 Å². The molecular weight excluding hydrogens is 336 g/mol. The lowest BCUT2D eigenvalue weighted by molar-refractivity contribution is 0.318. The first-order chi connectivity index (χ1) is 9.10. The van der Waals surface area contributed by atoms with Gasteiger partial charge < -0.3 is 15.7 Å². The first-order valence-corrected chi connectivity index (χ1v) is 6.21. The molecule has 0 saturated heterocycles. The van der Waals surface area contributed by atoms with Crippen LogP contribution in [0, 0.1) is 0 Å². The fourth-order valence-electron chi connectivity index (χ4n) is 1.24. The first-order valence-electron chi connectivity index (χ1n) is 5.04. The van der Waals surface area contributed by atoms with Crippen molar-refractivity contribution >= 4 is 33.4 Å². The van der Waals surface area contributed by atoms with Crippen LogP contribution in [0.3, 0.4) is 0 Å². The second-order valence-electron chi connectivity index (χ2n) is 3.39. The lowest BCUT2D eigenvalue weighted by atomic mass is 10.3. The molecule has 6 nitrogen and oxygen atoms in total. The van der Waals surface area contributed by atoms with Gasteiger partial charge in [-0.3, -0.25) is 0 Å². The minimum absolute atomic E-state index is 0.0455. The summed E-state index contributed by atoms with van der Waals surface area (Å²) in [5.41, 5.74) is 5.68. The quantitative estimate of drug-likeness (QED) is 0.387. The number of halogens is 2. The predicted octanol–water partition coefficient (Wildman–Crippen LogP) is 2.78. The summed E-state index contributed by atoms with van der Waals surface area (Å²) >= 11 is 9.29. The zero-order valence-electron chi connectivity index (χ0n) is 9.42.